The number of hydrogen-bond acceptors (Lipinski definition) is 7. The van der Waals surface area contributed by atoms with Gasteiger partial charge in [0.1, 0.15) is 11.9 Å². The number of nitrogens with one attached hydrogen (secondary N) is 2. The van der Waals surface area contributed by atoms with Crippen molar-refractivity contribution in [2.45, 2.75) is 32.9 Å². The Balaban J connectivity index is 1.76. The molecule has 3 aromatic rings. The second kappa shape index (κ2) is 8.62. The Bertz CT molecular complexity index is 1070. The molecular weight excluding hydrogens is 413 g/mol. The lowest BCUT2D eigenvalue weighted by molar-refractivity contribution is 0.0523. The average Bonchev–Trinajstić information content (AvgIpc) is 3.06. The molecule has 0 unspecified atom stereocenters. The summed E-state index contributed by atoms with van der Waals surface area (Å²) in [5.41, 5.74) is 0.546. The highest BCUT2D eigenvalue weighted by Gasteiger charge is 2.19. The van der Waals surface area contributed by atoms with Crippen molar-refractivity contribution >= 4 is 29.3 Å². The van der Waals surface area contributed by atoms with E-state index in [4.69, 9.17) is 16.3 Å². The number of aryl methyl sites for hydroxylation is 1. The maximum Gasteiger partial charge on any atom is 0.407 e. The monoisotopic (exact) mass is 433 g/mol. The highest BCUT2D eigenvalue weighted by molar-refractivity contribution is 6.31. The van der Waals surface area contributed by atoms with Gasteiger partial charge in [-0.25, -0.2) is 19.2 Å². The molecule has 0 bridgehead atoms. The molecule has 2 heterocycles. The molecule has 0 spiro atoms. The minimum Gasteiger partial charge on any atom is -0.444 e. The molecule has 0 aliphatic carbocycles. The van der Waals surface area contributed by atoms with Crippen LogP contribution in [0.2, 0.25) is 5.02 Å². The number of carbonyl (C=O) groups is 1. The van der Waals surface area contributed by atoms with Gasteiger partial charge in [0.25, 0.3) is 0 Å². The van der Waals surface area contributed by atoms with Crippen LogP contribution in [-0.2, 0) is 18.3 Å². The molecule has 3 rings (SSSR count). The Kier molecular flexibility index (Phi) is 6.16. The van der Waals surface area contributed by atoms with E-state index in [-0.39, 0.29) is 28.9 Å². The Morgan fingerprint density at radius 3 is 2.73 bits per heavy atom. The number of nitrogens with zero attached hydrogens (tertiary/aromatic N) is 5. The first-order valence-corrected chi connectivity index (χ1v) is 9.39. The third kappa shape index (κ3) is 5.41. The van der Waals surface area contributed by atoms with Crippen molar-refractivity contribution in [2.24, 2.45) is 7.05 Å². The van der Waals surface area contributed by atoms with Gasteiger partial charge < -0.3 is 15.4 Å². The highest BCUT2D eigenvalue weighted by atomic mass is 35.5. The molecule has 0 fully saturated rings. The second-order valence-electron chi connectivity index (χ2n) is 7.42. The van der Waals surface area contributed by atoms with E-state index in [1.807, 2.05) is 0 Å². The van der Waals surface area contributed by atoms with Crippen LogP contribution in [0.5, 0.6) is 0 Å². The molecule has 1 aromatic carbocycles. The van der Waals surface area contributed by atoms with E-state index in [0.717, 1.165) is 0 Å². The lowest BCUT2D eigenvalue weighted by Crippen LogP contribution is -2.32. The van der Waals surface area contributed by atoms with Crippen LogP contribution in [0.3, 0.4) is 0 Å². The summed E-state index contributed by atoms with van der Waals surface area (Å²) in [5, 5.41) is 9.43. The van der Waals surface area contributed by atoms with E-state index < -0.39 is 17.5 Å². The molecule has 2 aromatic heterocycles. The van der Waals surface area contributed by atoms with E-state index >= 15 is 0 Å². The second-order valence-corrected chi connectivity index (χ2v) is 7.79. The van der Waals surface area contributed by atoms with E-state index in [1.165, 1.54) is 12.4 Å². The maximum atomic E-state index is 14.9. The van der Waals surface area contributed by atoms with Crippen LogP contribution in [0.1, 0.15) is 26.3 Å². The van der Waals surface area contributed by atoms with Gasteiger partial charge in [0.2, 0.25) is 5.95 Å². The van der Waals surface area contributed by atoms with Gasteiger partial charge in [-0.3, -0.25) is 4.68 Å². The molecule has 11 heteroatoms. The zero-order valence-electron chi connectivity index (χ0n) is 16.9. The molecule has 0 atom stereocenters. The van der Waals surface area contributed by atoms with Crippen molar-refractivity contribution < 1.29 is 13.9 Å². The van der Waals surface area contributed by atoms with Crippen molar-refractivity contribution in [1.29, 1.82) is 0 Å². The summed E-state index contributed by atoms with van der Waals surface area (Å²) in [5.74, 6) is -0.347. The normalized spacial score (nSPS) is 11.3. The first-order valence-electron chi connectivity index (χ1n) is 9.01. The fraction of sp³-hybridized carbons (Fsp3) is 0.316. The summed E-state index contributed by atoms with van der Waals surface area (Å²) >= 11 is 6.17. The van der Waals surface area contributed by atoms with Gasteiger partial charge in [-0.1, -0.05) is 17.7 Å². The summed E-state index contributed by atoms with van der Waals surface area (Å²) < 4.78 is 21.7. The topological polar surface area (TPSA) is 107 Å². The van der Waals surface area contributed by atoms with Crippen molar-refractivity contribution in [3.05, 3.63) is 47.3 Å². The lowest BCUT2D eigenvalue weighted by atomic mass is 10.1. The van der Waals surface area contributed by atoms with Crippen LogP contribution in [-0.4, -0.2) is 36.4 Å². The molecule has 0 saturated heterocycles. The summed E-state index contributed by atoms with van der Waals surface area (Å²) in [4.78, 5) is 24.1. The van der Waals surface area contributed by atoms with Gasteiger partial charge in [-0.2, -0.15) is 10.1 Å². The Morgan fingerprint density at radius 1 is 1.30 bits per heavy atom. The van der Waals surface area contributed by atoms with Crippen LogP contribution in [0.25, 0.3) is 11.4 Å². The Morgan fingerprint density at radius 2 is 2.07 bits per heavy atom. The lowest BCUT2D eigenvalue weighted by Gasteiger charge is -2.20. The van der Waals surface area contributed by atoms with Gasteiger partial charge in [0.05, 0.1) is 22.5 Å². The Labute approximate surface area is 177 Å². The Hall–Kier alpha value is -3.27. The maximum absolute atomic E-state index is 14.9. The predicted octanol–water partition coefficient (Wildman–Crippen LogP) is 3.83. The van der Waals surface area contributed by atoms with Crippen LogP contribution >= 0.6 is 11.6 Å². The molecule has 1 amide bonds. The molecule has 0 radical (unpaired) electrons. The highest BCUT2D eigenvalue weighted by Crippen LogP contribution is 2.29. The van der Waals surface area contributed by atoms with Gasteiger partial charge in [-0.15, -0.1) is 0 Å². The van der Waals surface area contributed by atoms with Crippen molar-refractivity contribution in [3.63, 3.8) is 0 Å². The number of halogens is 2. The van der Waals surface area contributed by atoms with Crippen molar-refractivity contribution in [3.8, 4) is 11.4 Å². The number of alkyl carbamates (subject to hydrolysis) is 1. The summed E-state index contributed by atoms with van der Waals surface area (Å²) in [6, 6.07) is 3.09. The minimum absolute atomic E-state index is 0.00988. The van der Waals surface area contributed by atoms with E-state index in [2.05, 4.69) is 30.7 Å². The van der Waals surface area contributed by atoms with Crippen LogP contribution in [0, 0.1) is 5.82 Å². The largest absolute Gasteiger partial charge is 0.444 e. The third-order valence-electron chi connectivity index (χ3n) is 3.76. The smallest absolute Gasteiger partial charge is 0.407 e. The number of rotatable bonds is 5. The fourth-order valence-corrected chi connectivity index (χ4v) is 2.71. The number of aromatic nitrogens is 5. The standard InChI is InChI=1S/C19H21ClFN7O2/c1-19(2,3)30-18(29)22-7-11-5-6-13(15(21)14(11)20)16-23-10-24-17(27-16)26-12-8-25-28(4)9-12/h5-6,8-10H,7H2,1-4H3,(H,22,29)(H,23,24,26,27). The van der Waals surface area contributed by atoms with E-state index in [1.54, 1.807) is 51.0 Å². The summed E-state index contributed by atoms with van der Waals surface area (Å²) in [7, 11) is 1.78. The van der Waals surface area contributed by atoms with Gasteiger partial charge >= 0.3 is 6.09 Å². The molecule has 0 aliphatic heterocycles. The first kappa shape index (κ1) is 21.4. The van der Waals surface area contributed by atoms with Crippen LogP contribution in [0.15, 0.2) is 30.9 Å². The SMILES string of the molecule is Cn1cc(Nc2ncnc(-c3ccc(CNC(=O)OC(C)(C)C)c(Cl)c3F)n2)cn1. The number of hydrogen-bond donors (Lipinski definition) is 2. The average molecular weight is 434 g/mol. The first-order chi connectivity index (χ1) is 14.1. The molecule has 158 valence electrons. The number of ether oxygens (including phenoxy) is 1. The zero-order valence-corrected chi connectivity index (χ0v) is 17.7. The quantitative estimate of drug-likeness (QED) is 0.629. The van der Waals surface area contributed by atoms with Crippen LogP contribution < -0.4 is 10.6 Å². The molecule has 30 heavy (non-hydrogen) atoms. The molecular formula is C19H21ClFN7O2. The number of carbonyl (C=O) groups excluding carboxylic acids is 1. The number of amides is 1. The molecule has 9 nitrogen and oxygen atoms in total. The van der Waals surface area contributed by atoms with Gasteiger partial charge in [0.15, 0.2) is 11.6 Å². The fourth-order valence-electron chi connectivity index (χ4n) is 2.48. The molecule has 2 N–H and O–H groups in total. The minimum atomic E-state index is -0.696. The van der Waals surface area contributed by atoms with Crippen LogP contribution in [0.4, 0.5) is 20.8 Å². The van der Waals surface area contributed by atoms with E-state index in [0.29, 0.717) is 11.3 Å². The molecule has 0 aliphatic rings. The number of benzene rings is 1. The van der Waals surface area contributed by atoms with Crippen molar-refractivity contribution in [2.75, 3.05) is 5.32 Å². The van der Waals surface area contributed by atoms with Gasteiger partial charge in [-0.05, 0) is 32.4 Å². The predicted molar refractivity (Wildman–Crippen MR) is 110 cm³/mol. The third-order valence-corrected chi connectivity index (χ3v) is 4.17. The summed E-state index contributed by atoms with van der Waals surface area (Å²) in [6.45, 7) is 5.26. The summed E-state index contributed by atoms with van der Waals surface area (Å²) in [6.07, 6.45) is 4.00. The van der Waals surface area contributed by atoms with Gasteiger partial charge in [0, 0.05) is 19.8 Å². The van der Waals surface area contributed by atoms with Crippen molar-refractivity contribution in [1.82, 2.24) is 30.0 Å². The van der Waals surface area contributed by atoms with E-state index in [9.17, 15) is 9.18 Å². The number of anilines is 2. The zero-order chi connectivity index (χ0) is 21.9. The molecule has 0 saturated carbocycles.